The first-order valence-electron chi connectivity index (χ1n) is 10.5. The van der Waals surface area contributed by atoms with E-state index in [-0.39, 0.29) is 16.5 Å². The number of likely N-dealkylation sites (tertiary alicyclic amines) is 1. The molecule has 0 bridgehead atoms. The fourth-order valence-electron chi connectivity index (χ4n) is 5.60. The smallest absolute Gasteiger partial charge is 0.250 e. The number of hydrogen-bond acceptors (Lipinski definition) is 4. The van der Waals surface area contributed by atoms with E-state index in [9.17, 15) is 9.90 Å². The molecule has 2 aromatic rings. The maximum atomic E-state index is 15.3. The first-order chi connectivity index (χ1) is 14.8. The van der Waals surface area contributed by atoms with Gasteiger partial charge in [0, 0.05) is 34.8 Å². The number of carbonyl (C=O) groups excluding carboxylic acids is 1. The number of aliphatic hydroxyl groups excluding tert-OH is 1. The van der Waals surface area contributed by atoms with E-state index in [1.165, 1.54) is 6.07 Å². The van der Waals surface area contributed by atoms with Crippen molar-refractivity contribution >= 4 is 34.8 Å². The summed E-state index contributed by atoms with van der Waals surface area (Å²) >= 11 is 12.3. The summed E-state index contributed by atoms with van der Waals surface area (Å²) in [6.07, 6.45) is 1.29. The molecule has 2 fully saturated rings. The van der Waals surface area contributed by atoms with Gasteiger partial charge in [-0.3, -0.25) is 9.69 Å². The molecule has 8 heteroatoms. The number of nitrogens with zero attached hydrogens (tertiary/aromatic N) is 1. The summed E-state index contributed by atoms with van der Waals surface area (Å²) in [6, 6.07) is 8.78. The van der Waals surface area contributed by atoms with Crippen LogP contribution in [0.1, 0.15) is 36.8 Å². The quantitative estimate of drug-likeness (QED) is 0.642. The van der Waals surface area contributed by atoms with Crippen molar-refractivity contribution in [3.05, 3.63) is 63.4 Å². The number of benzene rings is 2. The second-order valence-corrected chi connectivity index (χ2v) is 9.78. The fraction of sp³-hybridized carbons (Fsp3) is 0.435. The lowest BCUT2D eigenvalue weighted by atomic mass is 9.73. The van der Waals surface area contributed by atoms with Gasteiger partial charge in [0.15, 0.2) is 0 Å². The molecule has 5 rings (SSSR count). The van der Waals surface area contributed by atoms with E-state index >= 15 is 4.39 Å². The number of carbonyl (C=O) groups is 1. The van der Waals surface area contributed by atoms with Crippen molar-refractivity contribution in [2.45, 2.75) is 49.4 Å². The van der Waals surface area contributed by atoms with Crippen LogP contribution in [0.25, 0.3) is 0 Å². The molecule has 3 aliphatic rings. The van der Waals surface area contributed by atoms with Gasteiger partial charge in [-0.25, -0.2) is 4.39 Å². The number of fused-ring (bicyclic) bond motifs is 2. The number of nitrogens with two attached hydrogens (primary N) is 1. The van der Waals surface area contributed by atoms with Crippen LogP contribution in [0, 0.1) is 11.7 Å². The van der Waals surface area contributed by atoms with E-state index in [4.69, 9.17) is 28.9 Å². The van der Waals surface area contributed by atoms with E-state index in [0.29, 0.717) is 28.7 Å². The first-order valence-corrected chi connectivity index (χ1v) is 11.3. The molecular weight excluding hydrogens is 440 g/mol. The lowest BCUT2D eigenvalue weighted by molar-refractivity contribution is -0.128. The van der Waals surface area contributed by atoms with Gasteiger partial charge in [-0.1, -0.05) is 41.4 Å². The number of amides is 1. The molecule has 2 aliphatic heterocycles. The normalized spacial score (nSPS) is 31.2. The Morgan fingerprint density at radius 1 is 1.32 bits per heavy atom. The molecule has 1 amide bonds. The highest BCUT2D eigenvalue weighted by Crippen LogP contribution is 2.58. The molecule has 2 aromatic carbocycles. The summed E-state index contributed by atoms with van der Waals surface area (Å²) in [5.74, 6) is -1.20. The molecule has 4 N–H and O–H groups in total. The standard InChI is InChI=1S/C23H24Cl2FN3O2/c1-11(30)21-20(27)18(14-3-2-4-16(25)19(14)26)23(29(21)10-12-5-6-12)15-8-7-13(24)9-17(15)28-22(23)31/h2-4,7-9,11-12,18,20-21,30H,5-6,10,27H2,1H3,(H,28,31)/t11-,18+,20+,21?,23-/m0/s1. The third-order valence-electron chi connectivity index (χ3n) is 6.99. The molecule has 2 heterocycles. The van der Waals surface area contributed by atoms with Gasteiger partial charge in [-0.2, -0.15) is 0 Å². The number of hydrogen-bond donors (Lipinski definition) is 3. The molecule has 1 aliphatic carbocycles. The molecular formula is C23H24Cl2FN3O2. The Kier molecular flexibility index (Phi) is 5.07. The maximum Gasteiger partial charge on any atom is 0.250 e. The summed E-state index contributed by atoms with van der Waals surface area (Å²) in [4.78, 5) is 15.8. The molecule has 5 atom stereocenters. The number of anilines is 1. The van der Waals surface area contributed by atoms with Gasteiger partial charge in [0.1, 0.15) is 11.4 Å². The van der Waals surface area contributed by atoms with Gasteiger partial charge in [0.2, 0.25) is 5.91 Å². The Morgan fingerprint density at radius 3 is 2.74 bits per heavy atom. The number of halogens is 3. The van der Waals surface area contributed by atoms with Crippen LogP contribution in [0.4, 0.5) is 10.1 Å². The average molecular weight is 464 g/mol. The lowest BCUT2D eigenvalue weighted by Gasteiger charge is -2.40. The summed E-state index contributed by atoms with van der Waals surface area (Å²) in [5.41, 5.74) is 7.05. The third-order valence-corrected chi connectivity index (χ3v) is 7.52. The highest BCUT2D eigenvalue weighted by Gasteiger charge is 2.67. The number of aliphatic hydroxyl groups is 1. The van der Waals surface area contributed by atoms with Crippen molar-refractivity contribution < 1.29 is 14.3 Å². The molecule has 0 aromatic heterocycles. The Hall–Kier alpha value is -1.70. The van der Waals surface area contributed by atoms with Crippen LogP contribution in [0.15, 0.2) is 36.4 Å². The van der Waals surface area contributed by atoms with E-state index < -0.39 is 35.5 Å². The van der Waals surface area contributed by atoms with E-state index in [1.807, 2.05) is 11.0 Å². The van der Waals surface area contributed by atoms with Crippen molar-refractivity contribution in [2.75, 3.05) is 11.9 Å². The van der Waals surface area contributed by atoms with E-state index in [1.54, 1.807) is 31.2 Å². The predicted octanol–water partition coefficient (Wildman–Crippen LogP) is 3.87. The van der Waals surface area contributed by atoms with Crippen LogP contribution in [-0.2, 0) is 10.3 Å². The second kappa shape index (κ2) is 7.42. The van der Waals surface area contributed by atoms with Crippen LogP contribution < -0.4 is 11.1 Å². The Bertz CT molecular complexity index is 1060. The fourth-order valence-corrected chi connectivity index (χ4v) is 5.96. The monoisotopic (exact) mass is 463 g/mol. The van der Waals surface area contributed by atoms with Gasteiger partial charge in [0.05, 0.1) is 17.2 Å². The molecule has 1 saturated carbocycles. The zero-order valence-electron chi connectivity index (χ0n) is 17.0. The minimum atomic E-state index is -1.27. The highest BCUT2D eigenvalue weighted by molar-refractivity contribution is 6.31. The summed E-state index contributed by atoms with van der Waals surface area (Å²) in [5, 5.41) is 14.2. The molecule has 31 heavy (non-hydrogen) atoms. The minimum Gasteiger partial charge on any atom is -0.392 e. The SMILES string of the molecule is C[C@H](O)C1[C@H](N)[C@@H](c2cccc(Cl)c2F)[C@@]2(C(=O)Nc3cc(Cl)ccc32)N1CC1CC1. The van der Waals surface area contributed by atoms with Crippen molar-refractivity contribution in [1.29, 1.82) is 0 Å². The van der Waals surface area contributed by atoms with Crippen molar-refractivity contribution in [2.24, 2.45) is 11.7 Å². The predicted molar refractivity (Wildman–Crippen MR) is 119 cm³/mol. The van der Waals surface area contributed by atoms with Crippen LogP contribution in [0.5, 0.6) is 0 Å². The lowest BCUT2D eigenvalue weighted by Crippen LogP contribution is -2.55. The minimum absolute atomic E-state index is 0.0242. The van der Waals surface area contributed by atoms with Gasteiger partial charge < -0.3 is 16.2 Å². The maximum absolute atomic E-state index is 15.3. The van der Waals surface area contributed by atoms with Gasteiger partial charge in [0.25, 0.3) is 0 Å². The third kappa shape index (κ3) is 3.04. The van der Waals surface area contributed by atoms with Gasteiger partial charge in [-0.05, 0) is 49.4 Å². The molecule has 1 unspecified atom stereocenters. The van der Waals surface area contributed by atoms with Crippen LogP contribution >= 0.6 is 23.2 Å². The van der Waals surface area contributed by atoms with Gasteiger partial charge in [-0.15, -0.1) is 0 Å². The molecule has 164 valence electrons. The van der Waals surface area contributed by atoms with Gasteiger partial charge >= 0.3 is 0 Å². The average Bonchev–Trinajstić information content (AvgIpc) is 3.42. The summed E-state index contributed by atoms with van der Waals surface area (Å²) in [7, 11) is 0. The topological polar surface area (TPSA) is 78.6 Å². The first kappa shape index (κ1) is 21.2. The van der Waals surface area contributed by atoms with Crippen molar-refractivity contribution in [3.63, 3.8) is 0 Å². The molecule has 5 nitrogen and oxygen atoms in total. The Labute approximate surface area is 190 Å². The van der Waals surface area contributed by atoms with E-state index in [0.717, 1.165) is 12.8 Å². The zero-order valence-corrected chi connectivity index (χ0v) is 18.5. The van der Waals surface area contributed by atoms with Crippen LogP contribution in [-0.4, -0.2) is 40.6 Å². The van der Waals surface area contributed by atoms with Crippen molar-refractivity contribution in [1.82, 2.24) is 4.90 Å². The molecule has 1 saturated heterocycles. The molecule has 1 spiro atoms. The summed E-state index contributed by atoms with van der Waals surface area (Å²) in [6.45, 7) is 2.27. The number of rotatable bonds is 4. The van der Waals surface area contributed by atoms with Crippen LogP contribution in [0.3, 0.4) is 0 Å². The highest BCUT2D eigenvalue weighted by atomic mass is 35.5. The summed E-state index contributed by atoms with van der Waals surface area (Å²) < 4.78 is 15.3. The van der Waals surface area contributed by atoms with E-state index in [2.05, 4.69) is 5.32 Å². The second-order valence-electron chi connectivity index (χ2n) is 8.94. The molecule has 0 radical (unpaired) electrons. The Morgan fingerprint density at radius 2 is 2.06 bits per heavy atom. The Balaban J connectivity index is 1.80. The van der Waals surface area contributed by atoms with Crippen LogP contribution in [0.2, 0.25) is 10.0 Å². The number of nitrogens with one attached hydrogen (secondary N) is 1. The van der Waals surface area contributed by atoms with Crippen molar-refractivity contribution in [3.8, 4) is 0 Å². The largest absolute Gasteiger partial charge is 0.392 e. The zero-order chi connectivity index (χ0) is 22.1.